The predicted molar refractivity (Wildman–Crippen MR) is 107 cm³/mol. The molecule has 0 fully saturated rings. The molecule has 0 atom stereocenters. The number of benzene rings is 2. The van der Waals surface area contributed by atoms with Crippen molar-refractivity contribution in [2.24, 2.45) is 0 Å². The van der Waals surface area contributed by atoms with Crippen LogP contribution in [0.4, 0.5) is 5.69 Å². The summed E-state index contributed by atoms with van der Waals surface area (Å²) >= 11 is 0. The van der Waals surface area contributed by atoms with E-state index in [4.69, 9.17) is 10.00 Å². The molecule has 0 aromatic heterocycles. The van der Waals surface area contributed by atoms with E-state index >= 15 is 0 Å². The minimum absolute atomic E-state index is 0.0448. The molecule has 2 aromatic carbocycles. The van der Waals surface area contributed by atoms with E-state index in [1.54, 1.807) is 6.07 Å². The topological polar surface area (TPSA) is 125 Å². The average Bonchev–Trinajstić information content (AvgIpc) is 2.67. The number of carbonyl (C=O) groups excluding carboxylic acids is 2. The normalized spacial score (nSPS) is 10.8. The molecule has 9 heteroatoms. The zero-order chi connectivity index (χ0) is 21.6. The molecule has 0 heterocycles. The Morgan fingerprint density at radius 1 is 1.10 bits per heavy atom. The average molecular weight is 415 g/mol. The van der Waals surface area contributed by atoms with Crippen LogP contribution in [0.5, 0.6) is 0 Å². The molecule has 8 nitrogen and oxygen atoms in total. The molecule has 2 rings (SSSR count). The summed E-state index contributed by atoms with van der Waals surface area (Å²) in [6, 6.07) is 11.2. The molecule has 0 spiro atoms. The highest BCUT2D eigenvalue weighted by Gasteiger charge is 2.20. The lowest BCUT2D eigenvalue weighted by Gasteiger charge is -2.13. The Bertz CT molecular complexity index is 1060. The van der Waals surface area contributed by atoms with Gasteiger partial charge in [0, 0.05) is 5.69 Å². The Kier molecular flexibility index (Phi) is 7.09. The van der Waals surface area contributed by atoms with E-state index in [2.05, 4.69) is 10.0 Å². The minimum Gasteiger partial charge on any atom is -0.455 e. The second-order valence-electron chi connectivity index (χ2n) is 6.42. The maximum absolute atomic E-state index is 12.2. The number of carbonyl (C=O) groups is 2. The summed E-state index contributed by atoms with van der Waals surface area (Å²) in [5, 5.41) is 11.7. The van der Waals surface area contributed by atoms with E-state index in [1.807, 2.05) is 32.9 Å². The molecule has 0 saturated carbocycles. The second-order valence-corrected chi connectivity index (χ2v) is 8.15. The van der Waals surface area contributed by atoms with Gasteiger partial charge in [0.15, 0.2) is 6.61 Å². The number of rotatable bonds is 7. The fourth-order valence-corrected chi connectivity index (χ4v) is 3.90. The van der Waals surface area contributed by atoms with Crippen LogP contribution in [0.15, 0.2) is 41.3 Å². The van der Waals surface area contributed by atoms with Crippen LogP contribution in [0, 0.1) is 32.1 Å². The van der Waals surface area contributed by atoms with Gasteiger partial charge in [0.1, 0.15) is 12.6 Å². The first-order chi connectivity index (χ1) is 13.6. The first-order valence-electron chi connectivity index (χ1n) is 8.66. The Balaban J connectivity index is 1.90. The number of sulfonamides is 1. The highest BCUT2D eigenvalue weighted by atomic mass is 32.2. The standard InChI is InChI=1S/C20H21N3O5S/c1-13-8-14(2)20(15(3)9-13)23-18(24)12-28-19(25)11-22-29(26,27)17-7-5-4-6-16(17)10-21/h4-9,22H,11-12H2,1-3H3,(H,23,24). The first-order valence-corrected chi connectivity index (χ1v) is 10.1. The van der Waals surface area contributed by atoms with Gasteiger partial charge in [0.2, 0.25) is 10.0 Å². The summed E-state index contributed by atoms with van der Waals surface area (Å²) in [5.74, 6) is -1.46. The van der Waals surface area contributed by atoms with E-state index < -0.39 is 35.1 Å². The highest BCUT2D eigenvalue weighted by Crippen LogP contribution is 2.21. The van der Waals surface area contributed by atoms with E-state index in [-0.39, 0.29) is 10.5 Å². The lowest BCUT2D eigenvalue weighted by atomic mass is 10.1. The molecule has 152 valence electrons. The van der Waals surface area contributed by atoms with Crippen molar-refractivity contribution in [2.45, 2.75) is 25.7 Å². The third kappa shape index (κ3) is 5.88. The lowest BCUT2D eigenvalue weighted by molar-refractivity contribution is -0.146. The lowest BCUT2D eigenvalue weighted by Crippen LogP contribution is -2.32. The molecule has 2 N–H and O–H groups in total. The fourth-order valence-electron chi connectivity index (χ4n) is 2.77. The molecule has 0 unspecified atom stereocenters. The van der Waals surface area contributed by atoms with E-state index in [9.17, 15) is 18.0 Å². The summed E-state index contributed by atoms with van der Waals surface area (Å²) in [4.78, 5) is 23.6. The van der Waals surface area contributed by atoms with Crippen LogP contribution >= 0.6 is 0 Å². The molecular weight excluding hydrogens is 394 g/mol. The molecule has 29 heavy (non-hydrogen) atoms. The maximum Gasteiger partial charge on any atom is 0.321 e. The Morgan fingerprint density at radius 3 is 2.34 bits per heavy atom. The van der Waals surface area contributed by atoms with Crippen LogP contribution in [0.1, 0.15) is 22.3 Å². The molecule has 0 aliphatic heterocycles. The molecule has 0 aliphatic rings. The number of hydrogen-bond donors (Lipinski definition) is 2. The van der Waals surface area contributed by atoms with E-state index in [0.717, 1.165) is 16.7 Å². The van der Waals surface area contributed by atoms with Crippen molar-refractivity contribution < 1.29 is 22.7 Å². The third-order valence-electron chi connectivity index (χ3n) is 4.01. The predicted octanol–water partition coefficient (Wildman–Crippen LogP) is 1.94. The monoisotopic (exact) mass is 415 g/mol. The fraction of sp³-hybridized carbons (Fsp3) is 0.250. The van der Waals surface area contributed by atoms with Gasteiger partial charge >= 0.3 is 5.97 Å². The van der Waals surface area contributed by atoms with Crippen molar-refractivity contribution in [2.75, 3.05) is 18.5 Å². The van der Waals surface area contributed by atoms with Crippen LogP contribution < -0.4 is 10.0 Å². The van der Waals surface area contributed by atoms with E-state index in [1.165, 1.54) is 24.3 Å². The van der Waals surface area contributed by atoms with Crippen LogP contribution in [0.2, 0.25) is 0 Å². The molecule has 0 saturated heterocycles. The van der Waals surface area contributed by atoms with Crippen molar-refractivity contribution in [1.29, 1.82) is 5.26 Å². The van der Waals surface area contributed by atoms with Crippen LogP contribution in [-0.4, -0.2) is 33.4 Å². The number of nitrogens with zero attached hydrogens (tertiary/aromatic N) is 1. The van der Waals surface area contributed by atoms with Crippen LogP contribution in [-0.2, 0) is 24.3 Å². The number of amides is 1. The highest BCUT2D eigenvalue weighted by molar-refractivity contribution is 7.89. The number of hydrogen-bond acceptors (Lipinski definition) is 6. The zero-order valence-corrected chi connectivity index (χ0v) is 17.1. The maximum atomic E-state index is 12.2. The van der Waals surface area contributed by atoms with Crippen molar-refractivity contribution in [3.63, 3.8) is 0 Å². The SMILES string of the molecule is Cc1cc(C)c(NC(=O)COC(=O)CNS(=O)(=O)c2ccccc2C#N)c(C)c1. The largest absolute Gasteiger partial charge is 0.455 e. The summed E-state index contributed by atoms with van der Waals surface area (Å²) in [7, 11) is -4.07. The van der Waals surface area contributed by atoms with Gasteiger partial charge in [-0.1, -0.05) is 29.8 Å². The molecule has 0 aliphatic carbocycles. The second kappa shape index (κ2) is 9.32. The van der Waals surface area contributed by atoms with Gasteiger partial charge in [-0.25, -0.2) is 8.42 Å². The first kappa shape index (κ1) is 22.1. The van der Waals surface area contributed by atoms with Gasteiger partial charge in [-0.15, -0.1) is 0 Å². The quantitative estimate of drug-likeness (QED) is 0.666. The third-order valence-corrected chi connectivity index (χ3v) is 5.47. The molecule has 0 radical (unpaired) electrons. The minimum atomic E-state index is -4.07. The summed E-state index contributed by atoms with van der Waals surface area (Å²) in [6.45, 7) is 4.44. The van der Waals surface area contributed by atoms with Crippen molar-refractivity contribution in [3.8, 4) is 6.07 Å². The van der Waals surface area contributed by atoms with Crippen molar-refractivity contribution in [3.05, 3.63) is 58.7 Å². The summed E-state index contributed by atoms with van der Waals surface area (Å²) < 4.78 is 31.4. The van der Waals surface area contributed by atoms with Gasteiger partial charge in [-0.3, -0.25) is 9.59 Å². The molecule has 1 amide bonds. The molecular formula is C20H21N3O5S. The Hall–Kier alpha value is -3.22. The van der Waals surface area contributed by atoms with Crippen molar-refractivity contribution in [1.82, 2.24) is 4.72 Å². The van der Waals surface area contributed by atoms with Gasteiger partial charge < -0.3 is 10.1 Å². The van der Waals surface area contributed by atoms with Gasteiger partial charge in [0.05, 0.1) is 10.5 Å². The van der Waals surface area contributed by atoms with E-state index in [0.29, 0.717) is 5.69 Å². The number of nitrogens with one attached hydrogen (secondary N) is 2. The smallest absolute Gasteiger partial charge is 0.321 e. The summed E-state index contributed by atoms with van der Waals surface area (Å²) in [6.07, 6.45) is 0. The summed E-state index contributed by atoms with van der Waals surface area (Å²) in [5.41, 5.74) is 3.42. The van der Waals surface area contributed by atoms with Crippen LogP contribution in [0.25, 0.3) is 0 Å². The van der Waals surface area contributed by atoms with Gasteiger partial charge in [-0.2, -0.15) is 9.98 Å². The van der Waals surface area contributed by atoms with Gasteiger partial charge in [-0.05, 0) is 44.0 Å². The Morgan fingerprint density at radius 2 is 1.72 bits per heavy atom. The molecule has 2 aromatic rings. The zero-order valence-electron chi connectivity index (χ0n) is 16.3. The number of aryl methyl sites for hydroxylation is 3. The number of nitriles is 1. The number of anilines is 1. The Labute approximate surface area is 169 Å². The number of esters is 1. The van der Waals surface area contributed by atoms with Crippen LogP contribution in [0.3, 0.4) is 0 Å². The number of ether oxygens (including phenoxy) is 1. The molecule has 0 bridgehead atoms. The van der Waals surface area contributed by atoms with Gasteiger partial charge in [0.25, 0.3) is 5.91 Å². The van der Waals surface area contributed by atoms with Crippen molar-refractivity contribution >= 4 is 27.6 Å².